The molecule has 2 heterocycles. The van der Waals surface area contributed by atoms with Crippen molar-refractivity contribution < 1.29 is 4.79 Å². The molecule has 0 fully saturated rings. The van der Waals surface area contributed by atoms with Gasteiger partial charge in [0, 0.05) is 13.1 Å². The Balaban J connectivity index is 0.00000108. The first-order valence-electron chi connectivity index (χ1n) is 5.23. The summed E-state index contributed by atoms with van der Waals surface area (Å²) in [6.07, 6.45) is 3.96. The SMILES string of the molecule is Cl.O=C1Nc2c(Cl)cccc2[C@@]12C=CCNC2. The van der Waals surface area contributed by atoms with Crippen molar-refractivity contribution in [3.05, 3.63) is 40.9 Å². The predicted octanol–water partition coefficient (Wildman–Crippen LogP) is 2.11. The van der Waals surface area contributed by atoms with Crippen LogP contribution in [0.25, 0.3) is 0 Å². The fourth-order valence-electron chi connectivity index (χ4n) is 2.38. The lowest BCUT2D eigenvalue weighted by atomic mass is 9.80. The van der Waals surface area contributed by atoms with Crippen molar-refractivity contribution in [3.8, 4) is 0 Å². The highest BCUT2D eigenvalue weighted by atomic mass is 35.5. The minimum Gasteiger partial charge on any atom is -0.323 e. The molecule has 3 nitrogen and oxygen atoms in total. The second kappa shape index (κ2) is 4.33. The van der Waals surface area contributed by atoms with Gasteiger partial charge in [0.2, 0.25) is 5.91 Å². The third-order valence-corrected chi connectivity index (χ3v) is 3.52. The molecular formula is C12H12Cl2N2O. The van der Waals surface area contributed by atoms with E-state index in [9.17, 15) is 4.79 Å². The summed E-state index contributed by atoms with van der Waals surface area (Å²) in [6, 6.07) is 5.63. The minimum atomic E-state index is -0.571. The quantitative estimate of drug-likeness (QED) is 0.709. The van der Waals surface area contributed by atoms with Crippen LogP contribution in [-0.4, -0.2) is 19.0 Å². The van der Waals surface area contributed by atoms with Crippen molar-refractivity contribution >= 4 is 35.6 Å². The molecule has 1 spiro atoms. The van der Waals surface area contributed by atoms with E-state index in [1.54, 1.807) is 6.07 Å². The van der Waals surface area contributed by atoms with E-state index < -0.39 is 5.41 Å². The number of anilines is 1. The molecule has 0 aliphatic carbocycles. The van der Waals surface area contributed by atoms with Crippen LogP contribution >= 0.6 is 24.0 Å². The van der Waals surface area contributed by atoms with Crippen LogP contribution in [0.1, 0.15) is 5.56 Å². The molecule has 0 saturated heterocycles. The number of para-hydroxylation sites is 1. The van der Waals surface area contributed by atoms with E-state index in [1.807, 2.05) is 24.3 Å². The number of halogens is 2. The molecular weight excluding hydrogens is 259 g/mol. The van der Waals surface area contributed by atoms with Crippen molar-refractivity contribution in [3.63, 3.8) is 0 Å². The van der Waals surface area contributed by atoms with Crippen LogP contribution in [0.4, 0.5) is 5.69 Å². The topological polar surface area (TPSA) is 41.1 Å². The second-order valence-corrected chi connectivity index (χ2v) is 4.53. The van der Waals surface area contributed by atoms with Gasteiger partial charge >= 0.3 is 0 Å². The number of fused-ring (bicyclic) bond motifs is 2. The van der Waals surface area contributed by atoms with Gasteiger partial charge in [0.25, 0.3) is 0 Å². The smallest absolute Gasteiger partial charge is 0.240 e. The van der Waals surface area contributed by atoms with Gasteiger partial charge in [-0.05, 0) is 11.6 Å². The monoisotopic (exact) mass is 270 g/mol. The Morgan fingerprint density at radius 2 is 2.18 bits per heavy atom. The highest BCUT2D eigenvalue weighted by Crippen LogP contribution is 2.42. The summed E-state index contributed by atoms with van der Waals surface area (Å²) in [5.41, 5.74) is 1.15. The van der Waals surface area contributed by atoms with Gasteiger partial charge < -0.3 is 10.6 Å². The predicted molar refractivity (Wildman–Crippen MR) is 71.0 cm³/mol. The Bertz CT molecular complexity index is 501. The van der Waals surface area contributed by atoms with Crippen molar-refractivity contribution in [2.75, 3.05) is 18.4 Å². The van der Waals surface area contributed by atoms with Crippen LogP contribution in [0.15, 0.2) is 30.4 Å². The lowest BCUT2D eigenvalue weighted by Gasteiger charge is -2.27. The molecule has 0 radical (unpaired) electrons. The highest BCUT2D eigenvalue weighted by molar-refractivity contribution is 6.35. The van der Waals surface area contributed by atoms with E-state index in [0.717, 1.165) is 17.8 Å². The second-order valence-electron chi connectivity index (χ2n) is 4.12. The number of rotatable bonds is 0. The summed E-state index contributed by atoms with van der Waals surface area (Å²) < 4.78 is 0. The Hall–Kier alpha value is -1.03. The number of carbonyl (C=O) groups is 1. The average Bonchev–Trinajstić information content (AvgIpc) is 2.57. The maximum Gasteiger partial charge on any atom is 0.240 e. The first kappa shape index (κ1) is 12.4. The summed E-state index contributed by atoms with van der Waals surface area (Å²) in [7, 11) is 0. The van der Waals surface area contributed by atoms with Gasteiger partial charge in [-0.2, -0.15) is 0 Å². The molecule has 0 saturated carbocycles. The largest absolute Gasteiger partial charge is 0.323 e. The van der Waals surface area contributed by atoms with Crippen molar-refractivity contribution in [2.45, 2.75) is 5.41 Å². The molecule has 0 bridgehead atoms. The number of benzene rings is 1. The molecule has 3 rings (SSSR count). The van der Waals surface area contributed by atoms with E-state index in [0.29, 0.717) is 11.6 Å². The Kier molecular flexibility index (Phi) is 3.17. The molecule has 17 heavy (non-hydrogen) atoms. The summed E-state index contributed by atoms with van der Waals surface area (Å²) in [6.45, 7) is 1.44. The average molecular weight is 271 g/mol. The molecule has 2 N–H and O–H groups in total. The molecule has 90 valence electrons. The molecule has 1 aromatic rings. The Morgan fingerprint density at radius 3 is 2.88 bits per heavy atom. The fraction of sp³-hybridized carbons (Fsp3) is 0.250. The van der Waals surface area contributed by atoms with Crippen LogP contribution in [0.2, 0.25) is 5.02 Å². The molecule has 2 aliphatic heterocycles. The van der Waals surface area contributed by atoms with Crippen LogP contribution in [0.5, 0.6) is 0 Å². The zero-order chi connectivity index (χ0) is 11.2. The van der Waals surface area contributed by atoms with E-state index in [4.69, 9.17) is 11.6 Å². The molecule has 0 aromatic heterocycles. The fourth-order valence-corrected chi connectivity index (χ4v) is 2.60. The van der Waals surface area contributed by atoms with Crippen LogP contribution in [0, 0.1) is 0 Å². The van der Waals surface area contributed by atoms with E-state index in [1.165, 1.54) is 0 Å². The van der Waals surface area contributed by atoms with E-state index >= 15 is 0 Å². The zero-order valence-corrected chi connectivity index (χ0v) is 10.6. The first-order chi connectivity index (χ1) is 7.74. The summed E-state index contributed by atoms with van der Waals surface area (Å²) in [4.78, 5) is 12.1. The summed E-state index contributed by atoms with van der Waals surface area (Å²) in [5, 5.41) is 6.68. The van der Waals surface area contributed by atoms with E-state index in [2.05, 4.69) is 10.6 Å². The van der Waals surface area contributed by atoms with Crippen LogP contribution in [-0.2, 0) is 10.2 Å². The molecule has 1 atom stereocenters. The third-order valence-electron chi connectivity index (χ3n) is 3.21. The molecule has 1 aromatic carbocycles. The normalized spacial score (nSPS) is 25.4. The summed E-state index contributed by atoms with van der Waals surface area (Å²) in [5.74, 6) is -0.000880. The number of amides is 1. The highest BCUT2D eigenvalue weighted by Gasteiger charge is 2.45. The van der Waals surface area contributed by atoms with Gasteiger partial charge in [-0.25, -0.2) is 0 Å². The zero-order valence-electron chi connectivity index (χ0n) is 9.00. The number of carbonyl (C=O) groups excluding carboxylic acids is 1. The molecule has 0 unspecified atom stereocenters. The maximum atomic E-state index is 12.1. The van der Waals surface area contributed by atoms with E-state index in [-0.39, 0.29) is 18.3 Å². The number of nitrogens with one attached hydrogen (secondary N) is 2. The van der Waals surface area contributed by atoms with Crippen LogP contribution in [0.3, 0.4) is 0 Å². The number of hydrogen-bond donors (Lipinski definition) is 2. The van der Waals surface area contributed by atoms with Crippen molar-refractivity contribution in [2.24, 2.45) is 0 Å². The lowest BCUT2D eigenvalue weighted by molar-refractivity contribution is -0.119. The first-order valence-corrected chi connectivity index (χ1v) is 5.61. The Labute approximate surface area is 111 Å². The van der Waals surface area contributed by atoms with Gasteiger partial charge in [0.05, 0.1) is 10.7 Å². The standard InChI is InChI=1S/C12H11ClN2O.ClH/c13-9-4-1-3-8-10(9)15-11(16)12(8)5-2-6-14-7-12;/h1-5,14H,6-7H2,(H,15,16);1H/t12-;/m0./s1. The Morgan fingerprint density at radius 1 is 1.35 bits per heavy atom. The van der Waals surface area contributed by atoms with Crippen molar-refractivity contribution in [1.29, 1.82) is 0 Å². The molecule has 2 aliphatic rings. The van der Waals surface area contributed by atoms with Gasteiger partial charge in [-0.1, -0.05) is 35.9 Å². The van der Waals surface area contributed by atoms with Crippen molar-refractivity contribution in [1.82, 2.24) is 5.32 Å². The van der Waals surface area contributed by atoms with Gasteiger partial charge in [-0.15, -0.1) is 12.4 Å². The van der Waals surface area contributed by atoms with Crippen LogP contribution < -0.4 is 10.6 Å². The lowest BCUT2D eigenvalue weighted by Crippen LogP contribution is -2.44. The minimum absolute atomic E-state index is 0. The summed E-state index contributed by atoms with van der Waals surface area (Å²) >= 11 is 6.08. The van der Waals surface area contributed by atoms with Gasteiger partial charge in [0.1, 0.15) is 5.41 Å². The van der Waals surface area contributed by atoms with Gasteiger partial charge in [-0.3, -0.25) is 4.79 Å². The molecule has 5 heteroatoms. The third kappa shape index (κ3) is 1.66. The molecule has 1 amide bonds. The maximum absolute atomic E-state index is 12.1. The van der Waals surface area contributed by atoms with Gasteiger partial charge in [0.15, 0.2) is 0 Å². The number of hydrogen-bond acceptors (Lipinski definition) is 2.